The molecule has 0 radical (unpaired) electrons. The van der Waals surface area contributed by atoms with Crippen LogP contribution in [-0.2, 0) is 0 Å². The minimum atomic E-state index is -0.0826. The third kappa shape index (κ3) is 2.95. The number of rotatable bonds is 4. The van der Waals surface area contributed by atoms with Gasteiger partial charge in [-0.3, -0.25) is 4.79 Å². The summed E-state index contributed by atoms with van der Waals surface area (Å²) in [6.07, 6.45) is 5.77. The Kier molecular flexibility index (Phi) is 3.97. The Labute approximate surface area is 125 Å². The van der Waals surface area contributed by atoms with Crippen LogP contribution in [0, 0.1) is 12.3 Å². The Balaban J connectivity index is 1.64. The van der Waals surface area contributed by atoms with Gasteiger partial charge >= 0.3 is 0 Å². The molecule has 1 saturated heterocycles. The largest absolute Gasteiger partial charge is 0.350 e. The summed E-state index contributed by atoms with van der Waals surface area (Å²) in [5.41, 5.74) is 1.66. The van der Waals surface area contributed by atoms with E-state index in [0.29, 0.717) is 11.7 Å². The first-order chi connectivity index (χ1) is 10.1. The predicted octanol–water partition coefficient (Wildman–Crippen LogP) is 1.43. The highest BCUT2D eigenvalue weighted by Gasteiger charge is 2.32. The zero-order chi connectivity index (χ0) is 14.9. The highest BCUT2D eigenvalue weighted by atomic mass is 16.2. The van der Waals surface area contributed by atoms with Gasteiger partial charge in [0.15, 0.2) is 5.69 Å². The van der Waals surface area contributed by atoms with Crippen LogP contribution in [0.2, 0.25) is 0 Å². The van der Waals surface area contributed by atoms with Gasteiger partial charge in [0, 0.05) is 6.54 Å². The molecule has 0 bridgehead atoms. The van der Waals surface area contributed by atoms with Gasteiger partial charge in [-0.1, -0.05) is 18.6 Å². The summed E-state index contributed by atoms with van der Waals surface area (Å²) >= 11 is 0. The average Bonchev–Trinajstić information content (AvgIpc) is 2.85. The fourth-order valence-electron chi connectivity index (χ4n) is 3.28. The molecule has 1 aliphatic carbocycles. The van der Waals surface area contributed by atoms with Crippen molar-refractivity contribution < 1.29 is 4.79 Å². The lowest BCUT2D eigenvalue weighted by molar-refractivity contribution is 0.0885. The normalized spacial score (nSPS) is 21.8. The Morgan fingerprint density at radius 3 is 2.76 bits per heavy atom. The van der Waals surface area contributed by atoms with Crippen molar-refractivity contribution in [2.24, 2.45) is 5.41 Å². The maximum absolute atomic E-state index is 12.3. The molecule has 1 aliphatic heterocycles. The number of piperidine rings is 1. The van der Waals surface area contributed by atoms with Crippen LogP contribution in [0.15, 0.2) is 0 Å². The van der Waals surface area contributed by atoms with Gasteiger partial charge in [0.05, 0.1) is 11.7 Å². The molecule has 1 saturated carbocycles. The lowest BCUT2D eigenvalue weighted by atomic mass is 9.70. The van der Waals surface area contributed by atoms with Gasteiger partial charge in [0.2, 0.25) is 0 Å². The molecule has 1 amide bonds. The maximum Gasteiger partial charge on any atom is 0.273 e. The van der Waals surface area contributed by atoms with Crippen LogP contribution in [0.3, 0.4) is 0 Å². The molecule has 2 N–H and O–H groups in total. The van der Waals surface area contributed by atoms with Crippen molar-refractivity contribution in [2.45, 2.75) is 52.0 Å². The molecule has 2 aliphatic rings. The molecule has 0 unspecified atom stereocenters. The van der Waals surface area contributed by atoms with E-state index in [0.717, 1.165) is 38.2 Å². The third-order valence-electron chi connectivity index (χ3n) is 5.03. The molecule has 1 aromatic rings. The van der Waals surface area contributed by atoms with E-state index in [1.807, 2.05) is 11.6 Å². The SMILES string of the molecule is Cc1c(C(=O)NCC2(C)CCC2)nnn1C1CCNCC1. The van der Waals surface area contributed by atoms with Crippen molar-refractivity contribution in [2.75, 3.05) is 19.6 Å². The molecule has 2 fully saturated rings. The number of amides is 1. The Hall–Kier alpha value is -1.43. The van der Waals surface area contributed by atoms with E-state index in [2.05, 4.69) is 27.9 Å². The Bertz CT molecular complexity index is 514. The molecule has 0 spiro atoms. The van der Waals surface area contributed by atoms with E-state index in [-0.39, 0.29) is 11.3 Å². The van der Waals surface area contributed by atoms with E-state index >= 15 is 0 Å². The second-order valence-corrected chi connectivity index (χ2v) is 6.80. The van der Waals surface area contributed by atoms with Crippen molar-refractivity contribution in [3.8, 4) is 0 Å². The molecule has 6 heteroatoms. The lowest BCUT2D eigenvalue weighted by Crippen LogP contribution is -2.40. The smallest absolute Gasteiger partial charge is 0.273 e. The summed E-state index contributed by atoms with van der Waals surface area (Å²) < 4.78 is 1.93. The van der Waals surface area contributed by atoms with Gasteiger partial charge < -0.3 is 10.6 Å². The Morgan fingerprint density at radius 1 is 1.43 bits per heavy atom. The van der Waals surface area contributed by atoms with Crippen LogP contribution in [0.5, 0.6) is 0 Å². The summed E-state index contributed by atoms with van der Waals surface area (Å²) in [6, 6.07) is 0.365. The predicted molar refractivity (Wildman–Crippen MR) is 80.2 cm³/mol. The van der Waals surface area contributed by atoms with Crippen LogP contribution in [0.25, 0.3) is 0 Å². The second-order valence-electron chi connectivity index (χ2n) is 6.80. The highest BCUT2D eigenvalue weighted by molar-refractivity contribution is 5.93. The quantitative estimate of drug-likeness (QED) is 0.880. The van der Waals surface area contributed by atoms with Gasteiger partial charge in [0.25, 0.3) is 5.91 Å². The van der Waals surface area contributed by atoms with E-state index in [9.17, 15) is 4.79 Å². The van der Waals surface area contributed by atoms with Crippen LogP contribution in [0.4, 0.5) is 0 Å². The summed E-state index contributed by atoms with van der Waals surface area (Å²) in [7, 11) is 0. The zero-order valence-electron chi connectivity index (χ0n) is 13.0. The van der Waals surface area contributed by atoms with Gasteiger partial charge in [0.1, 0.15) is 0 Å². The summed E-state index contributed by atoms with van der Waals surface area (Å²) in [5.74, 6) is -0.0826. The second kappa shape index (κ2) is 5.75. The zero-order valence-corrected chi connectivity index (χ0v) is 13.0. The van der Waals surface area contributed by atoms with Crippen molar-refractivity contribution >= 4 is 5.91 Å². The van der Waals surface area contributed by atoms with Crippen LogP contribution in [-0.4, -0.2) is 40.5 Å². The number of hydrogen-bond acceptors (Lipinski definition) is 4. The highest BCUT2D eigenvalue weighted by Crippen LogP contribution is 2.39. The van der Waals surface area contributed by atoms with Gasteiger partial charge in [-0.15, -0.1) is 5.10 Å². The standard InChI is InChI=1S/C15H25N5O/c1-11-13(14(21)17-10-15(2)6-3-7-15)18-19-20(11)12-4-8-16-9-5-12/h12,16H,3-10H2,1-2H3,(H,17,21). The average molecular weight is 291 g/mol. The van der Waals surface area contributed by atoms with Crippen LogP contribution in [0.1, 0.15) is 61.3 Å². The fraction of sp³-hybridized carbons (Fsp3) is 0.800. The van der Waals surface area contributed by atoms with Crippen LogP contribution >= 0.6 is 0 Å². The topological polar surface area (TPSA) is 71.8 Å². The maximum atomic E-state index is 12.3. The summed E-state index contributed by atoms with van der Waals surface area (Å²) in [5, 5.41) is 14.7. The number of carbonyl (C=O) groups is 1. The molecule has 0 atom stereocenters. The monoisotopic (exact) mass is 291 g/mol. The number of nitrogens with zero attached hydrogens (tertiary/aromatic N) is 3. The molecule has 0 aromatic carbocycles. The van der Waals surface area contributed by atoms with Gasteiger partial charge in [-0.05, 0) is 51.1 Å². The number of nitrogens with one attached hydrogen (secondary N) is 2. The summed E-state index contributed by atoms with van der Waals surface area (Å²) in [6.45, 7) is 6.93. The first kappa shape index (κ1) is 14.5. The van der Waals surface area contributed by atoms with Crippen molar-refractivity contribution in [1.82, 2.24) is 25.6 Å². The molecule has 6 nitrogen and oxygen atoms in total. The molecule has 3 rings (SSSR count). The molecular formula is C15H25N5O. The molecule has 116 valence electrons. The fourth-order valence-corrected chi connectivity index (χ4v) is 3.28. The third-order valence-corrected chi connectivity index (χ3v) is 5.03. The lowest BCUT2D eigenvalue weighted by Gasteiger charge is -2.38. The van der Waals surface area contributed by atoms with Crippen molar-refractivity contribution in [3.63, 3.8) is 0 Å². The van der Waals surface area contributed by atoms with E-state index in [4.69, 9.17) is 0 Å². The molecule has 21 heavy (non-hydrogen) atoms. The molecular weight excluding hydrogens is 266 g/mol. The summed E-state index contributed by atoms with van der Waals surface area (Å²) in [4.78, 5) is 12.3. The van der Waals surface area contributed by atoms with Gasteiger partial charge in [-0.25, -0.2) is 4.68 Å². The molecule has 1 aromatic heterocycles. The first-order valence-electron chi connectivity index (χ1n) is 8.00. The van der Waals surface area contributed by atoms with Crippen LogP contribution < -0.4 is 10.6 Å². The van der Waals surface area contributed by atoms with Crippen molar-refractivity contribution in [3.05, 3.63) is 11.4 Å². The first-order valence-corrected chi connectivity index (χ1v) is 8.00. The Morgan fingerprint density at radius 2 is 2.14 bits per heavy atom. The number of hydrogen-bond donors (Lipinski definition) is 2. The van der Waals surface area contributed by atoms with E-state index < -0.39 is 0 Å². The number of carbonyl (C=O) groups excluding carboxylic acids is 1. The minimum absolute atomic E-state index is 0.0826. The van der Waals surface area contributed by atoms with E-state index in [1.165, 1.54) is 19.3 Å². The number of aromatic nitrogens is 3. The minimum Gasteiger partial charge on any atom is -0.350 e. The van der Waals surface area contributed by atoms with Crippen molar-refractivity contribution in [1.29, 1.82) is 0 Å². The molecule has 2 heterocycles. The van der Waals surface area contributed by atoms with E-state index in [1.54, 1.807) is 0 Å². The van der Waals surface area contributed by atoms with Gasteiger partial charge in [-0.2, -0.15) is 0 Å².